The summed E-state index contributed by atoms with van der Waals surface area (Å²) in [6.07, 6.45) is 3.80. The van der Waals surface area contributed by atoms with Gasteiger partial charge in [0.25, 0.3) is 0 Å². The van der Waals surface area contributed by atoms with Gasteiger partial charge in [-0.3, -0.25) is 4.79 Å². The summed E-state index contributed by atoms with van der Waals surface area (Å²) in [5.41, 5.74) is 0.340. The summed E-state index contributed by atoms with van der Waals surface area (Å²) in [7, 11) is 0. The van der Waals surface area contributed by atoms with Gasteiger partial charge >= 0.3 is 0 Å². The Balaban J connectivity index is 2.99. The van der Waals surface area contributed by atoms with Crippen molar-refractivity contribution < 1.29 is 4.79 Å². The molecule has 0 spiro atoms. The third kappa shape index (κ3) is 3.66. The molecule has 1 heterocycles. The summed E-state index contributed by atoms with van der Waals surface area (Å²) in [4.78, 5) is 19.2. The molecule has 0 saturated carbocycles. The molecule has 0 saturated heterocycles. The van der Waals surface area contributed by atoms with Gasteiger partial charge in [-0.2, -0.15) is 0 Å². The second-order valence-electron chi connectivity index (χ2n) is 3.98. The minimum Gasteiger partial charge on any atom is -0.367 e. The number of rotatable bonds is 6. The maximum absolute atomic E-state index is 11.0. The van der Waals surface area contributed by atoms with E-state index in [0.717, 1.165) is 19.3 Å². The number of carbonyl (C=O) groups excluding carboxylic acids is 1. The van der Waals surface area contributed by atoms with Gasteiger partial charge in [0, 0.05) is 6.04 Å². The van der Waals surface area contributed by atoms with Gasteiger partial charge in [0.1, 0.15) is 16.8 Å². The van der Waals surface area contributed by atoms with Crippen LogP contribution in [0.25, 0.3) is 0 Å². The van der Waals surface area contributed by atoms with Gasteiger partial charge in [0.05, 0.1) is 5.56 Å². The molecule has 1 N–H and O–H groups in total. The molecule has 5 heteroatoms. The van der Waals surface area contributed by atoms with Crippen LogP contribution in [-0.2, 0) is 0 Å². The number of anilines is 1. The molecule has 0 radical (unpaired) electrons. The van der Waals surface area contributed by atoms with Gasteiger partial charge in [0.15, 0.2) is 6.29 Å². The first-order valence-corrected chi connectivity index (χ1v) is 6.26. The summed E-state index contributed by atoms with van der Waals surface area (Å²) in [5.74, 6) is 1.10. The van der Waals surface area contributed by atoms with E-state index in [2.05, 4.69) is 29.1 Å². The molecule has 1 aromatic heterocycles. The average Bonchev–Trinajstić information content (AvgIpc) is 2.28. The maximum atomic E-state index is 11.0. The Kier molecular flexibility index (Phi) is 5.35. The molecule has 1 atom stereocenters. The number of halogens is 1. The lowest BCUT2D eigenvalue weighted by Crippen LogP contribution is -2.20. The molecule has 94 valence electrons. The first-order valence-electron chi connectivity index (χ1n) is 5.88. The van der Waals surface area contributed by atoms with Crippen molar-refractivity contribution in [1.82, 2.24) is 9.97 Å². The molecule has 0 aliphatic carbocycles. The van der Waals surface area contributed by atoms with E-state index in [0.29, 0.717) is 29.5 Å². The van der Waals surface area contributed by atoms with E-state index in [1.165, 1.54) is 0 Å². The van der Waals surface area contributed by atoms with Gasteiger partial charge in [0.2, 0.25) is 0 Å². The molecular weight excluding hydrogens is 238 g/mol. The number of aldehydes is 1. The third-order valence-corrected chi connectivity index (χ3v) is 2.89. The Morgan fingerprint density at radius 3 is 2.65 bits per heavy atom. The zero-order valence-corrected chi connectivity index (χ0v) is 11.2. The Labute approximate surface area is 107 Å². The van der Waals surface area contributed by atoms with E-state index < -0.39 is 0 Å². The van der Waals surface area contributed by atoms with E-state index in [4.69, 9.17) is 11.6 Å². The molecule has 0 fully saturated rings. The highest BCUT2D eigenvalue weighted by atomic mass is 35.5. The summed E-state index contributed by atoms with van der Waals surface area (Å²) in [5, 5.41) is 3.47. The van der Waals surface area contributed by atoms with Crippen LogP contribution in [0.1, 0.15) is 49.3 Å². The van der Waals surface area contributed by atoms with Crippen molar-refractivity contribution >= 4 is 23.7 Å². The molecule has 1 unspecified atom stereocenters. The van der Waals surface area contributed by atoms with Crippen molar-refractivity contribution in [3.8, 4) is 0 Å². The monoisotopic (exact) mass is 255 g/mol. The third-order valence-electron chi connectivity index (χ3n) is 2.60. The molecular formula is C12H18ClN3O. The number of aryl methyl sites for hydroxylation is 1. The summed E-state index contributed by atoms with van der Waals surface area (Å²) in [6.45, 7) is 5.99. The van der Waals surface area contributed by atoms with E-state index in [1.54, 1.807) is 6.92 Å². The summed E-state index contributed by atoms with van der Waals surface area (Å²) in [6, 6.07) is 0.309. The molecule has 1 aromatic rings. The van der Waals surface area contributed by atoms with E-state index in [1.807, 2.05) is 0 Å². The van der Waals surface area contributed by atoms with Crippen LogP contribution < -0.4 is 5.32 Å². The first-order chi connectivity index (χ1) is 8.12. The van der Waals surface area contributed by atoms with Crippen LogP contribution in [0.2, 0.25) is 5.15 Å². The van der Waals surface area contributed by atoms with Crippen LogP contribution in [0.15, 0.2) is 0 Å². The van der Waals surface area contributed by atoms with Gasteiger partial charge in [-0.15, -0.1) is 0 Å². The zero-order chi connectivity index (χ0) is 12.8. The van der Waals surface area contributed by atoms with Crippen LogP contribution in [0.5, 0.6) is 0 Å². The minimum absolute atomic E-state index is 0.210. The van der Waals surface area contributed by atoms with E-state index in [-0.39, 0.29) is 5.15 Å². The molecule has 4 nitrogen and oxygen atoms in total. The summed E-state index contributed by atoms with van der Waals surface area (Å²) >= 11 is 5.92. The van der Waals surface area contributed by atoms with Crippen molar-refractivity contribution in [2.75, 3.05) is 5.32 Å². The Morgan fingerprint density at radius 1 is 1.41 bits per heavy atom. The number of aromatic nitrogens is 2. The molecule has 0 aromatic carbocycles. The number of nitrogens with zero attached hydrogens (tertiary/aromatic N) is 2. The predicted octanol–water partition coefficient (Wildman–Crippen LogP) is 3.24. The van der Waals surface area contributed by atoms with Crippen molar-refractivity contribution in [3.63, 3.8) is 0 Å². The van der Waals surface area contributed by atoms with Crippen molar-refractivity contribution in [3.05, 3.63) is 16.5 Å². The highest BCUT2D eigenvalue weighted by molar-refractivity contribution is 6.32. The highest BCUT2D eigenvalue weighted by Crippen LogP contribution is 2.21. The quantitative estimate of drug-likeness (QED) is 0.626. The van der Waals surface area contributed by atoms with Crippen LogP contribution in [0.3, 0.4) is 0 Å². The Hall–Kier alpha value is -1.16. The van der Waals surface area contributed by atoms with Crippen LogP contribution in [0.4, 0.5) is 5.82 Å². The molecule has 17 heavy (non-hydrogen) atoms. The minimum atomic E-state index is 0.210. The lowest BCUT2D eigenvalue weighted by atomic mass is 10.1. The Morgan fingerprint density at radius 2 is 2.12 bits per heavy atom. The predicted molar refractivity (Wildman–Crippen MR) is 69.8 cm³/mol. The molecule has 0 bridgehead atoms. The lowest BCUT2D eigenvalue weighted by Gasteiger charge is -2.18. The topological polar surface area (TPSA) is 54.9 Å². The maximum Gasteiger partial charge on any atom is 0.156 e. The van der Waals surface area contributed by atoms with Gasteiger partial charge in [-0.05, 0) is 19.8 Å². The smallest absolute Gasteiger partial charge is 0.156 e. The number of nitrogens with one attached hydrogen (secondary N) is 1. The molecule has 0 aliphatic rings. The van der Waals surface area contributed by atoms with Crippen molar-refractivity contribution in [2.45, 2.75) is 46.1 Å². The first kappa shape index (κ1) is 13.9. The SMILES string of the molecule is CCCC(CC)Nc1nc(C)nc(Cl)c1C=O. The van der Waals surface area contributed by atoms with Crippen LogP contribution in [0, 0.1) is 6.92 Å². The molecule has 1 rings (SSSR count). The number of carbonyl (C=O) groups is 1. The second-order valence-corrected chi connectivity index (χ2v) is 4.34. The average molecular weight is 256 g/mol. The normalized spacial score (nSPS) is 12.2. The fourth-order valence-corrected chi connectivity index (χ4v) is 1.94. The highest BCUT2D eigenvalue weighted by Gasteiger charge is 2.14. The number of hydrogen-bond donors (Lipinski definition) is 1. The van der Waals surface area contributed by atoms with Crippen molar-refractivity contribution in [2.24, 2.45) is 0 Å². The van der Waals surface area contributed by atoms with E-state index >= 15 is 0 Å². The van der Waals surface area contributed by atoms with Crippen LogP contribution >= 0.6 is 11.6 Å². The number of hydrogen-bond acceptors (Lipinski definition) is 4. The zero-order valence-electron chi connectivity index (χ0n) is 10.5. The standard InChI is InChI=1S/C12H18ClN3O/c1-4-6-9(5-2)16-12-10(7-17)11(13)14-8(3)15-12/h7,9H,4-6H2,1-3H3,(H,14,15,16). The largest absolute Gasteiger partial charge is 0.367 e. The Bertz CT molecular complexity index is 396. The molecule has 0 aliphatic heterocycles. The fraction of sp³-hybridized carbons (Fsp3) is 0.583. The second kappa shape index (κ2) is 6.55. The lowest BCUT2D eigenvalue weighted by molar-refractivity contribution is 0.112. The van der Waals surface area contributed by atoms with E-state index in [9.17, 15) is 4.79 Å². The summed E-state index contributed by atoms with van der Waals surface area (Å²) < 4.78 is 0. The fourth-order valence-electron chi connectivity index (χ4n) is 1.68. The van der Waals surface area contributed by atoms with Crippen LogP contribution in [-0.4, -0.2) is 22.3 Å². The van der Waals surface area contributed by atoms with Gasteiger partial charge in [-0.1, -0.05) is 31.9 Å². The van der Waals surface area contributed by atoms with Gasteiger partial charge < -0.3 is 5.32 Å². The van der Waals surface area contributed by atoms with Gasteiger partial charge in [-0.25, -0.2) is 9.97 Å². The van der Waals surface area contributed by atoms with Crippen molar-refractivity contribution in [1.29, 1.82) is 0 Å². The molecule has 0 amide bonds.